The van der Waals surface area contributed by atoms with Gasteiger partial charge in [-0.3, -0.25) is 0 Å². The Hall–Kier alpha value is -3.98. The highest BCUT2D eigenvalue weighted by Gasteiger charge is 2.12. The number of nitriles is 1. The molecule has 1 aromatic heterocycles. The Morgan fingerprint density at radius 1 is 1.15 bits per heavy atom. The number of carboxylic acids is 1. The van der Waals surface area contributed by atoms with Crippen molar-refractivity contribution >= 4 is 18.1 Å². The first-order valence-electron chi connectivity index (χ1n) is 8.03. The molecule has 27 heavy (non-hydrogen) atoms. The number of carbonyl (C=O) groups is 1. The van der Waals surface area contributed by atoms with E-state index in [0.29, 0.717) is 16.8 Å². The predicted molar refractivity (Wildman–Crippen MR) is 101 cm³/mol. The van der Waals surface area contributed by atoms with Crippen LogP contribution in [0.5, 0.6) is 11.5 Å². The monoisotopic (exact) mass is 360 g/mol. The van der Waals surface area contributed by atoms with Gasteiger partial charge in [-0.15, -0.1) is 0 Å². The molecule has 0 aliphatic carbocycles. The highest BCUT2D eigenvalue weighted by atomic mass is 16.5. The van der Waals surface area contributed by atoms with E-state index in [2.05, 4.69) is 6.07 Å². The number of hydrogen-bond donors (Lipinski definition) is 2. The molecule has 3 aromatic rings. The highest BCUT2D eigenvalue weighted by Crippen LogP contribution is 2.25. The van der Waals surface area contributed by atoms with Crippen molar-refractivity contribution < 1.29 is 19.7 Å². The Bertz CT molecular complexity index is 1070. The van der Waals surface area contributed by atoms with E-state index < -0.39 is 5.97 Å². The van der Waals surface area contributed by atoms with Crippen molar-refractivity contribution in [3.63, 3.8) is 0 Å². The lowest BCUT2D eigenvalue weighted by Crippen LogP contribution is -1.98. The molecule has 6 heteroatoms. The number of benzene rings is 2. The van der Waals surface area contributed by atoms with E-state index >= 15 is 0 Å². The number of carboxylic acid groups (broad SMARTS) is 1. The van der Waals surface area contributed by atoms with Gasteiger partial charge in [0.2, 0.25) is 0 Å². The molecule has 2 N–H and O–H groups in total. The maximum absolute atomic E-state index is 11.0. The summed E-state index contributed by atoms with van der Waals surface area (Å²) in [6, 6.07) is 13.9. The molecule has 134 valence electrons. The van der Waals surface area contributed by atoms with Crippen molar-refractivity contribution in [2.24, 2.45) is 0 Å². The van der Waals surface area contributed by atoms with E-state index in [1.807, 2.05) is 30.3 Å². The third-order valence-corrected chi connectivity index (χ3v) is 4.07. The molecule has 6 nitrogen and oxygen atoms in total. The predicted octanol–water partition coefficient (Wildman–Crippen LogP) is 3.93. The standard InChI is InChI=1S/C21H16N2O4/c1-27-20-5-3-2-4-14(20)6-7-15-12-23(13-16(15)11-22)17-8-9-18(21(25)26)19(24)10-17/h2-10,12-13,24H,1H3,(H,25,26)/b7-6+. The zero-order valence-electron chi connectivity index (χ0n) is 14.5. The molecule has 0 aliphatic rings. The van der Waals surface area contributed by atoms with Crippen molar-refractivity contribution in [3.8, 4) is 23.3 Å². The minimum Gasteiger partial charge on any atom is -0.507 e. The fourth-order valence-electron chi connectivity index (χ4n) is 2.69. The van der Waals surface area contributed by atoms with Gasteiger partial charge >= 0.3 is 5.97 Å². The summed E-state index contributed by atoms with van der Waals surface area (Å²) in [7, 11) is 1.59. The van der Waals surface area contributed by atoms with Gasteiger partial charge in [0.25, 0.3) is 0 Å². The molecule has 0 spiro atoms. The van der Waals surface area contributed by atoms with Crippen molar-refractivity contribution in [2.45, 2.75) is 0 Å². The molecule has 0 unspecified atom stereocenters. The fourth-order valence-corrected chi connectivity index (χ4v) is 2.69. The number of methoxy groups -OCH3 is 1. The normalized spacial score (nSPS) is 10.7. The minimum atomic E-state index is -1.20. The summed E-state index contributed by atoms with van der Waals surface area (Å²) in [4.78, 5) is 11.0. The number of aromatic nitrogens is 1. The van der Waals surface area contributed by atoms with Gasteiger partial charge in [-0.05, 0) is 18.2 Å². The van der Waals surface area contributed by atoms with Gasteiger partial charge in [0.1, 0.15) is 23.1 Å². The highest BCUT2D eigenvalue weighted by molar-refractivity contribution is 5.91. The number of aromatic hydroxyl groups is 1. The first-order chi connectivity index (χ1) is 13.0. The summed E-state index contributed by atoms with van der Waals surface area (Å²) in [5.41, 5.74) is 2.38. The van der Waals surface area contributed by atoms with Crippen LogP contribution in [0.4, 0.5) is 0 Å². The topological polar surface area (TPSA) is 95.5 Å². The van der Waals surface area contributed by atoms with Crippen molar-refractivity contribution in [1.82, 2.24) is 4.57 Å². The number of nitrogens with zero attached hydrogens (tertiary/aromatic N) is 2. The molecular weight excluding hydrogens is 344 g/mol. The third-order valence-electron chi connectivity index (χ3n) is 4.07. The van der Waals surface area contributed by atoms with E-state index in [1.54, 1.807) is 36.2 Å². The van der Waals surface area contributed by atoms with Crippen LogP contribution in [0.1, 0.15) is 27.0 Å². The van der Waals surface area contributed by atoms with E-state index in [1.165, 1.54) is 12.1 Å². The van der Waals surface area contributed by atoms with Crippen LogP contribution >= 0.6 is 0 Å². The first-order valence-corrected chi connectivity index (χ1v) is 8.03. The number of hydrogen-bond acceptors (Lipinski definition) is 4. The maximum atomic E-state index is 11.0. The van der Waals surface area contributed by atoms with E-state index in [9.17, 15) is 15.2 Å². The number of rotatable bonds is 5. The second kappa shape index (κ2) is 7.50. The quantitative estimate of drug-likeness (QED) is 0.719. The minimum absolute atomic E-state index is 0.178. The van der Waals surface area contributed by atoms with E-state index in [-0.39, 0.29) is 11.3 Å². The van der Waals surface area contributed by atoms with Gasteiger partial charge in [-0.2, -0.15) is 5.26 Å². The molecular formula is C21H16N2O4. The van der Waals surface area contributed by atoms with Crippen molar-refractivity contribution in [1.29, 1.82) is 5.26 Å². The zero-order valence-corrected chi connectivity index (χ0v) is 14.5. The molecule has 0 aliphatic heterocycles. The zero-order chi connectivity index (χ0) is 19.4. The molecule has 3 rings (SSSR count). The maximum Gasteiger partial charge on any atom is 0.339 e. The lowest BCUT2D eigenvalue weighted by Gasteiger charge is -2.05. The summed E-state index contributed by atoms with van der Waals surface area (Å²) in [6.07, 6.45) is 7.01. The van der Waals surface area contributed by atoms with Gasteiger partial charge in [0.05, 0.1) is 12.7 Å². The second-order valence-corrected chi connectivity index (χ2v) is 5.73. The summed E-state index contributed by atoms with van der Waals surface area (Å²) >= 11 is 0. The average Bonchev–Trinajstić information content (AvgIpc) is 3.09. The Morgan fingerprint density at radius 2 is 1.89 bits per heavy atom. The number of aromatic carboxylic acids is 1. The van der Waals surface area contributed by atoms with Crippen LogP contribution in [0.2, 0.25) is 0 Å². The van der Waals surface area contributed by atoms with Crippen LogP contribution < -0.4 is 4.74 Å². The fraction of sp³-hybridized carbons (Fsp3) is 0.0476. The summed E-state index contributed by atoms with van der Waals surface area (Å²) in [5, 5.41) is 28.3. The van der Waals surface area contributed by atoms with Gasteiger partial charge < -0.3 is 19.5 Å². The number of ether oxygens (including phenoxy) is 1. The van der Waals surface area contributed by atoms with Crippen LogP contribution in [0, 0.1) is 11.3 Å². The van der Waals surface area contributed by atoms with Crippen molar-refractivity contribution in [2.75, 3.05) is 7.11 Å². The lowest BCUT2D eigenvalue weighted by atomic mass is 10.1. The van der Waals surface area contributed by atoms with Gasteiger partial charge in [0, 0.05) is 35.3 Å². The molecule has 0 amide bonds. The molecule has 0 radical (unpaired) electrons. The Labute approximate surface area is 155 Å². The molecule has 2 aromatic carbocycles. The molecule has 0 saturated carbocycles. The largest absolute Gasteiger partial charge is 0.507 e. The number of para-hydroxylation sites is 1. The van der Waals surface area contributed by atoms with Gasteiger partial charge in [-0.25, -0.2) is 4.79 Å². The van der Waals surface area contributed by atoms with E-state index in [0.717, 1.165) is 11.3 Å². The van der Waals surface area contributed by atoms with Crippen LogP contribution in [0.25, 0.3) is 17.8 Å². The first kappa shape index (κ1) is 17.8. The van der Waals surface area contributed by atoms with Crippen LogP contribution in [-0.4, -0.2) is 27.9 Å². The Balaban J connectivity index is 1.97. The summed E-state index contributed by atoms with van der Waals surface area (Å²) < 4.78 is 6.97. The molecule has 0 saturated heterocycles. The second-order valence-electron chi connectivity index (χ2n) is 5.73. The average molecular weight is 360 g/mol. The molecule has 0 bridgehead atoms. The third kappa shape index (κ3) is 3.67. The summed E-state index contributed by atoms with van der Waals surface area (Å²) in [5.74, 6) is -0.816. The Morgan fingerprint density at radius 3 is 2.56 bits per heavy atom. The molecule has 0 fully saturated rings. The number of phenols is 1. The van der Waals surface area contributed by atoms with Gasteiger partial charge in [0.15, 0.2) is 0 Å². The van der Waals surface area contributed by atoms with E-state index in [4.69, 9.17) is 9.84 Å². The lowest BCUT2D eigenvalue weighted by molar-refractivity contribution is 0.0693. The van der Waals surface area contributed by atoms with Crippen LogP contribution in [0.15, 0.2) is 54.9 Å². The smallest absolute Gasteiger partial charge is 0.339 e. The Kier molecular flexibility index (Phi) is 4.95. The SMILES string of the molecule is COc1ccccc1/C=C/c1cn(-c2ccc(C(=O)O)c(O)c2)cc1C#N. The van der Waals surface area contributed by atoms with Crippen LogP contribution in [-0.2, 0) is 0 Å². The van der Waals surface area contributed by atoms with Gasteiger partial charge in [-0.1, -0.05) is 30.4 Å². The van der Waals surface area contributed by atoms with Crippen LogP contribution in [0.3, 0.4) is 0 Å². The van der Waals surface area contributed by atoms with Crippen molar-refractivity contribution in [3.05, 3.63) is 77.1 Å². The molecule has 0 atom stereocenters. The molecule has 1 heterocycles. The summed E-state index contributed by atoms with van der Waals surface area (Å²) in [6.45, 7) is 0.